The van der Waals surface area contributed by atoms with Gasteiger partial charge in [-0.05, 0) is 36.8 Å². The molecule has 1 aromatic rings. The molecule has 2 rings (SSSR count). The first-order valence-electron chi connectivity index (χ1n) is 5.37. The highest BCUT2D eigenvalue weighted by molar-refractivity contribution is 7.10. The molecule has 1 saturated heterocycles. The number of piperidine rings is 1. The molecule has 0 bridgehead atoms. The van der Waals surface area contributed by atoms with E-state index in [0.29, 0.717) is 0 Å². The van der Waals surface area contributed by atoms with Gasteiger partial charge in [-0.3, -0.25) is 5.43 Å². The molecular weight excluding hydrogens is 192 g/mol. The Labute approximate surface area is 89.9 Å². The van der Waals surface area contributed by atoms with Crippen LogP contribution in [0.3, 0.4) is 0 Å². The Balaban J connectivity index is 1.76. The van der Waals surface area contributed by atoms with Gasteiger partial charge in [-0.1, -0.05) is 6.42 Å². The fourth-order valence-corrected chi connectivity index (χ4v) is 2.55. The van der Waals surface area contributed by atoms with E-state index < -0.39 is 0 Å². The third-order valence-corrected chi connectivity index (χ3v) is 3.56. The maximum atomic E-state index is 3.49. The molecule has 78 valence electrons. The molecule has 1 aromatic heterocycles. The number of thiophene rings is 1. The molecule has 0 aliphatic carbocycles. The van der Waals surface area contributed by atoms with E-state index in [9.17, 15) is 0 Å². The van der Waals surface area contributed by atoms with Crippen LogP contribution in [0.1, 0.15) is 29.7 Å². The first kappa shape index (κ1) is 10.1. The van der Waals surface area contributed by atoms with Crippen molar-refractivity contribution in [3.05, 3.63) is 21.9 Å². The van der Waals surface area contributed by atoms with Crippen LogP contribution in [0.5, 0.6) is 0 Å². The molecule has 1 fully saturated rings. The van der Waals surface area contributed by atoms with Crippen LogP contribution in [0.2, 0.25) is 0 Å². The largest absolute Gasteiger partial charge is 0.251 e. The summed E-state index contributed by atoms with van der Waals surface area (Å²) in [5.74, 6) is 0. The number of nitrogens with one attached hydrogen (secondary N) is 1. The molecule has 2 nitrogen and oxygen atoms in total. The monoisotopic (exact) mass is 210 g/mol. The molecule has 1 aliphatic rings. The molecule has 1 N–H and O–H groups in total. The van der Waals surface area contributed by atoms with Crippen molar-refractivity contribution in [2.75, 3.05) is 13.1 Å². The van der Waals surface area contributed by atoms with Crippen LogP contribution < -0.4 is 5.43 Å². The topological polar surface area (TPSA) is 15.3 Å². The van der Waals surface area contributed by atoms with Gasteiger partial charge in [-0.15, -0.1) is 11.3 Å². The lowest BCUT2D eigenvalue weighted by atomic mass is 10.2. The van der Waals surface area contributed by atoms with Gasteiger partial charge in [0.2, 0.25) is 0 Å². The highest BCUT2D eigenvalue weighted by Crippen LogP contribution is 2.13. The zero-order chi connectivity index (χ0) is 9.80. The van der Waals surface area contributed by atoms with Crippen molar-refractivity contribution in [1.82, 2.24) is 10.4 Å². The number of hydrazine groups is 1. The molecule has 0 atom stereocenters. The van der Waals surface area contributed by atoms with Crippen molar-refractivity contribution < 1.29 is 0 Å². The summed E-state index contributed by atoms with van der Waals surface area (Å²) in [5.41, 5.74) is 4.91. The molecule has 1 aliphatic heterocycles. The van der Waals surface area contributed by atoms with E-state index in [2.05, 4.69) is 28.8 Å². The first-order valence-corrected chi connectivity index (χ1v) is 6.25. The Morgan fingerprint density at radius 2 is 2.14 bits per heavy atom. The van der Waals surface area contributed by atoms with Crippen LogP contribution in [-0.2, 0) is 6.54 Å². The number of nitrogens with zero attached hydrogens (tertiary/aromatic N) is 1. The Morgan fingerprint density at radius 1 is 1.36 bits per heavy atom. The van der Waals surface area contributed by atoms with Gasteiger partial charge in [0, 0.05) is 24.5 Å². The summed E-state index contributed by atoms with van der Waals surface area (Å²) in [6.45, 7) is 5.58. The van der Waals surface area contributed by atoms with Gasteiger partial charge in [-0.25, -0.2) is 5.01 Å². The molecule has 14 heavy (non-hydrogen) atoms. The molecule has 0 saturated carbocycles. The average molecular weight is 210 g/mol. The minimum absolute atomic E-state index is 0.990. The van der Waals surface area contributed by atoms with Crippen LogP contribution in [0.4, 0.5) is 0 Å². The quantitative estimate of drug-likeness (QED) is 0.825. The first-order chi connectivity index (χ1) is 6.84. The van der Waals surface area contributed by atoms with E-state index in [1.165, 1.54) is 42.8 Å². The lowest BCUT2D eigenvalue weighted by molar-refractivity contribution is 0.151. The van der Waals surface area contributed by atoms with Crippen molar-refractivity contribution in [1.29, 1.82) is 0 Å². The second-order valence-electron chi connectivity index (χ2n) is 3.95. The lowest BCUT2D eigenvalue weighted by Crippen LogP contribution is -2.41. The Bertz CT molecular complexity index is 277. The van der Waals surface area contributed by atoms with Crippen LogP contribution in [0, 0.1) is 6.92 Å². The van der Waals surface area contributed by atoms with E-state index in [1.54, 1.807) is 0 Å². The Morgan fingerprint density at radius 3 is 2.79 bits per heavy atom. The predicted molar refractivity (Wildman–Crippen MR) is 61.3 cm³/mol. The van der Waals surface area contributed by atoms with Crippen molar-refractivity contribution in [2.24, 2.45) is 0 Å². The van der Waals surface area contributed by atoms with Crippen LogP contribution in [-0.4, -0.2) is 18.1 Å². The van der Waals surface area contributed by atoms with E-state index >= 15 is 0 Å². The maximum absolute atomic E-state index is 3.49. The van der Waals surface area contributed by atoms with E-state index in [0.717, 1.165) is 6.54 Å². The molecular formula is C11H18N2S. The molecule has 3 heteroatoms. The van der Waals surface area contributed by atoms with Crippen molar-refractivity contribution >= 4 is 11.3 Å². The minimum Gasteiger partial charge on any atom is -0.251 e. The number of hydrogen-bond donors (Lipinski definition) is 1. The van der Waals surface area contributed by atoms with Gasteiger partial charge in [-0.2, -0.15) is 0 Å². The maximum Gasteiger partial charge on any atom is 0.0361 e. The summed E-state index contributed by atoms with van der Waals surface area (Å²) < 4.78 is 0. The molecule has 0 amide bonds. The standard InChI is InChI=1S/C11H18N2S/c1-10-7-11(9-14-10)8-12-13-5-3-2-4-6-13/h7,9,12H,2-6,8H2,1H3. The number of hydrogen-bond acceptors (Lipinski definition) is 3. The van der Waals surface area contributed by atoms with Gasteiger partial charge in [0.1, 0.15) is 0 Å². The zero-order valence-corrected chi connectivity index (χ0v) is 9.57. The van der Waals surface area contributed by atoms with Gasteiger partial charge < -0.3 is 0 Å². The van der Waals surface area contributed by atoms with Crippen LogP contribution in [0.25, 0.3) is 0 Å². The molecule has 0 radical (unpaired) electrons. The van der Waals surface area contributed by atoms with Crippen molar-refractivity contribution in [2.45, 2.75) is 32.7 Å². The summed E-state index contributed by atoms with van der Waals surface area (Å²) in [7, 11) is 0. The summed E-state index contributed by atoms with van der Waals surface area (Å²) in [6.07, 6.45) is 4.08. The van der Waals surface area contributed by atoms with Crippen molar-refractivity contribution in [3.8, 4) is 0 Å². The average Bonchev–Trinajstić information content (AvgIpc) is 2.63. The fourth-order valence-electron chi connectivity index (χ4n) is 1.85. The van der Waals surface area contributed by atoms with Crippen LogP contribution >= 0.6 is 11.3 Å². The Hall–Kier alpha value is -0.380. The van der Waals surface area contributed by atoms with Crippen LogP contribution in [0.15, 0.2) is 11.4 Å². The van der Waals surface area contributed by atoms with Gasteiger partial charge in [0.05, 0.1) is 0 Å². The third kappa shape index (κ3) is 2.80. The van der Waals surface area contributed by atoms with Crippen molar-refractivity contribution in [3.63, 3.8) is 0 Å². The van der Waals surface area contributed by atoms with Gasteiger partial charge >= 0.3 is 0 Å². The van der Waals surface area contributed by atoms with E-state index in [-0.39, 0.29) is 0 Å². The summed E-state index contributed by atoms with van der Waals surface area (Å²) in [5, 5.41) is 4.60. The van der Waals surface area contributed by atoms with Gasteiger partial charge in [0.15, 0.2) is 0 Å². The molecule has 0 unspecified atom stereocenters. The molecule has 2 heterocycles. The minimum atomic E-state index is 0.990. The highest BCUT2D eigenvalue weighted by atomic mass is 32.1. The summed E-state index contributed by atoms with van der Waals surface area (Å²) >= 11 is 1.83. The lowest BCUT2D eigenvalue weighted by Gasteiger charge is -2.26. The summed E-state index contributed by atoms with van der Waals surface area (Å²) in [4.78, 5) is 1.40. The second-order valence-corrected chi connectivity index (χ2v) is 5.06. The normalized spacial score (nSPS) is 18.6. The smallest absolute Gasteiger partial charge is 0.0361 e. The van der Waals surface area contributed by atoms with Gasteiger partial charge in [0.25, 0.3) is 0 Å². The highest BCUT2D eigenvalue weighted by Gasteiger charge is 2.08. The number of aryl methyl sites for hydroxylation is 1. The second kappa shape index (κ2) is 4.91. The summed E-state index contributed by atoms with van der Waals surface area (Å²) in [6, 6.07) is 2.27. The number of rotatable bonds is 3. The van der Waals surface area contributed by atoms with E-state index in [4.69, 9.17) is 0 Å². The molecule has 0 spiro atoms. The zero-order valence-electron chi connectivity index (χ0n) is 8.75. The SMILES string of the molecule is Cc1cc(CNN2CCCCC2)cs1. The van der Waals surface area contributed by atoms with E-state index in [1.807, 2.05) is 11.3 Å². The predicted octanol–water partition coefficient (Wildman–Crippen LogP) is 2.55. The fraction of sp³-hybridized carbons (Fsp3) is 0.636. The third-order valence-electron chi connectivity index (χ3n) is 2.65. The Kier molecular flexibility index (Phi) is 3.56. The molecule has 0 aromatic carbocycles.